The first-order chi connectivity index (χ1) is 12.2. The second-order valence-electron chi connectivity index (χ2n) is 5.61. The lowest BCUT2D eigenvalue weighted by Crippen LogP contribution is -2.14. The van der Waals surface area contributed by atoms with Gasteiger partial charge in [-0.15, -0.1) is 0 Å². The highest BCUT2D eigenvalue weighted by Gasteiger charge is 2.16. The van der Waals surface area contributed by atoms with Gasteiger partial charge in [-0.05, 0) is 49.4 Å². The van der Waals surface area contributed by atoms with Gasteiger partial charge in [0.05, 0.1) is 10.5 Å². The van der Waals surface area contributed by atoms with Crippen LogP contribution in [0.2, 0.25) is 0 Å². The Hall–Kier alpha value is -2.42. The van der Waals surface area contributed by atoms with Crippen LogP contribution in [-0.2, 0) is 10.0 Å². The molecule has 26 heavy (non-hydrogen) atoms. The summed E-state index contributed by atoms with van der Waals surface area (Å²) in [4.78, 5) is 12.5. The van der Waals surface area contributed by atoms with Crippen LogP contribution < -0.4 is 10.5 Å². The maximum Gasteiger partial charge on any atom is 0.259 e. The summed E-state index contributed by atoms with van der Waals surface area (Å²) in [5.41, 5.74) is 1.71. The Morgan fingerprint density at radius 3 is 2.27 bits per heavy atom. The molecular formula is C18H15BrN2O4S. The number of amides is 1. The largest absolute Gasteiger partial charge is 0.461 e. The number of nitrogens with two attached hydrogens (primary N) is 1. The van der Waals surface area contributed by atoms with Gasteiger partial charge in [0, 0.05) is 15.7 Å². The molecule has 8 heteroatoms. The molecule has 0 aliphatic carbocycles. The maximum absolute atomic E-state index is 12.5. The van der Waals surface area contributed by atoms with Gasteiger partial charge in [0.1, 0.15) is 11.5 Å². The Bertz CT molecular complexity index is 1060. The van der Waals surface area contributed by atoms with Gasteiger partial charge in [0.2, 0.25) is 10.0 Å². The molecule has 0 saturated heterocycles. The van der Waals surface area contributed by atoms with Crippen LogP contribution in [0, 0.1) is 6.92 Å². The molecule has 3 N–H and O–H groups in total. The van der Waals surface area contributed by atoms with E-state index in [0.717, 1.165) is 10.0 Å². The van der Waals surface area contributed by atoms with Crippen LogP contribution in [0.4, 0.5) is 5.69 Å². The van der Waals surface area contributed by atoms with Crippen molar-refractivity contribution in [2.45, 2.75) is 11.8 Å². The highest BCUT2D eigenvalue weighted by Crippen LogP contribution is 2.27. The third kappa shape index (κ3) is 4.04. The molecule has 1 heterocycles. The zero-order valence-electron chi connectivity index (χ0n) is 13.7. The number of anilines is 1. The van der Waals surface area contributed by atoms with Crippen LogP contribution in [-0.4, -0.2) is 14.3 Å². The number of carbonyl (C=O) groups excluding carboxylic acids is 1. The van der Waals surface area contributed by atoms with E-state index in [9.17, 15) is 13.2 Å². The predicted octanol–water partition coefficient (Wildman–Crippen LogP) is 3.92. The van der Waals surface area contributed by atoms with Crippen molar-refractivity contribution in [2.75, 3.05) is 5.32 Å². The van der Waals surface area contributed by atoms with E-state index in [2.05, 4.69) is 21.2 Å². The van der Waals surface area contributed by atoms with E-state index in [1.807, 2.05) is 24.3 Å². The molecule has 0 aliphatic rings. The van der Waals surface area contributed by atoms with Crippen LogP contribution in [0.1, 0.15) is 16.1 Å². The first-order valence-electron chi connectivity index (χ1n) is 7.54. The van der Waals surface area contributed by atoms with Gasteiger partial charge in [-0.2, -0.15) is 0 Å². The van der Waals surface area contributed by atoms with E-state index in [-0.39, 0.29) is 10.8 Å². The van der Waals surface area contributed by atoms with Gasteiger partial charge >= 0.3 is 0 Å². The van der Waals surface area contributed by atoms with E-state index in [1.54, 1.807) is 13.0 Å². The molecule has 0 unspecified atom stereocenters. The van der Waals surface area contributed by atoms with Crippen molar-refractivity contribution >= 4 is 37.5 Å². The summed E-state index contributed by atoms with van der Waals surface area (Å²) in [6.07, 6.45) is 0. The lowest BCUT2D eigenvalue weighted by molar-refractivity contribution is 0.102. The van der Waals surface area contributed by atoms with E-state index >= 15 is 0 Å². The molecule has 1 amide bonds. The molecular weight excluding hydrogens is 420 g/mol. The first-order valence-corrected chi connectivity index (χ1v) is 9.88. The van der Waals surface area contributed by atoms with Crippen LogP contribution in [0.3, 0.4) is 0 Å². The quantitative estimate of drug-likeness (QED) is 0.649. The van der Waals surface area contributed by atoms with Gasteiger partial charge in [0.25, 0.3) is 5.91 Å². The van der Waals surface area contributed by atoms with Crippen LogP contribution in [0.5, 0.6) is 0 Å². The number of primary sulfonamides is 1. The molecule has 3 aromatic rings. The average Bonchev–Trinajstić information content (AvgIpc) is 2.97. The summed E-state index contributed by atoms with van der Waals surface area (Å²) in [6, 6.07) is 14.8. The fourth-order valence-corrected chi connectivity index (χ4v) is 3.17. The van der Waals surface area contributed by atoms with Crippen LogP contribution in [0.25, 0.3) is 11.3 Å². The van der Waals surface area contributed by atoms with Gasteiger partial charge in [-0.25, -0.2) is 13.6 Å². The smallest absolute Gasteiger partial charge is 0.259 e. The summed E-state index contributed by atoms with van der Waals surface area (Å²) < 4.78 is 29.2. The summed E-state index contributed by atoms with van der Waals surface area (Å²) >= 11 is 3.37. The molecule has 134 valence electrons. The second-order valence-corrected chi connectivity index (χ2v) is 8.09. The number of aryl methyl sites for hydroxylation is 1. The topological polar surface area (TPSA) is 102 Å². The number of nitrogens with one attached hydrogen (secondary N) is 1. The summed E-state index contributed by atoms with van der Waals surface area (Å²) in [7, 11) is -3.77. The van der Waals surface area contributed by atoms with Gasteiger partial charge in [-0.1, -0.05) is 28.1 Å². The van der Waals surface area contributed by atoms with Gasteiger partial charge in [-0.3, -0.25) is 4.79 Å². The average molecular weight is 435 g/mol. The molecule has 6 nitrogen and oxygen atoms in total. The van der Waals surface area contributed by atoms with Crippen molar-refractivity contribution < 1.29 is 17.6 Å². The Morgan fingerprint density at radius 1 is 1.08 bits per heavy atom. The van der Waals surface area contributed by atoms with Gasteiger partial charge in [0.15, 0.2) is 0 Å². The highest BCUT2D eigenvalue weighted by molar-refractivity contribution is 9.10. The maximum atomic E-state index is 12.5. The summed E-state index contributed by atoms with van der Waals surface area (Å²) in [5.74, 6) is 0.726. The van der Waals surface area contributed by atoms with E-state index in [4.69, 9.17) is 9.56 Å². The minimum absolute atomic E-state index is 0.0208. The predicted molar refractivity (Wildman–Crippen MR) is 102 cm³/mol. The number of carbonyl (C=O) groups is 1. The zero-order chi connectivity index (χ0) is 18.9. The Balaban J connectivity index is 1.81. The molecule has 0 bridgehead atoms. The third-order valence-corrected chi connectivity index (χ3v) is 5.19. The van der Waals surface area contributed by atoms with Crippen molar-refractivity contribution in [3.05, 3.63) is 70.4 Å². The molecule has 0 fully saturated rings. The molecule has 0 spiro atoms. The molecule has 1 aromatic heterocycles. The zero-order valence-corrected chi connectivity index (χ0v) is 16.1. The number of halogens is 1. The Morgan fingerprint density at radius 2 is 1.69 bits per heavy atom. The monoisotopic (exact) mass is 434 g/mol. The molecule has 0 aliphatic heterocycles. The molecule has 2 aromatic carbocycles. The third-order valence-electron chi connectivity index (χ3n) is 3.73. The SMILES string of the molecule is Cc1oc(-c2ccc(Br)cc2)cc1C(=O)Nc1ccc(S(N)(=O)=O)cc1. The van der Waals surface area contributed by atoms with Crippen LogP contribution >= 0.6 is 15.9 Å². The summed E-state index contributed by atoms with van der Waals surface area (Å²) in [6.45, 7) is 1.71. The minimum Gasteiger partial charge on any atom is -0.461 e. The van der Waals surface area contributed by atoms with Crippen molar-refractivity contribution in [3.63, 3.8) is 0 Å². The number of hydrogen-bond donors (Lipinski definition) is 2. The van der Waals surface area contributed by atoms with Crippen molar-refractivity contribution in [2.24, 2.45) is 5.14 Å². The number of sulfonamides is 1. The van der Waals surface area contributed by atoms with Crippen molar-refractivity contribution in [3.8, 4) is 11.3 Å². The number of rotatable bonds is 4. The van der Waals surface area contributed by atoms with Crippen molar-refractivity contribution in [1.82, 2.24) is 0 Å². The van der Waals surface area contributed by atoms with Gasteiger partial charge < -0.3 is 9.73 Å². The minimum atomic E-state index is -3.77. The second kappa shape index (κ2) is 7.06. The number of hydrogen-bond acceptors (Lipinski definition) is 4. The van der Waals surface area contributed by atoms with Crippen molar-refractivity contribution in [1.29, 1.82) is 0 Å². The number of furan rings is 1. The molecule has 0 saturated carbocycles. The number of benzene rings is 2. The lowest BCUT2D eigenvalue weighted by atomic mass is 10.1. The van der Waals surface area contributed by atoms with E-state index < -0.39 is 10.0 Å². The molecule has 0 radical (unpaired) electrons. The van der Waals surface area contributed by atoms with Crippen LogP contribution in [0.15, 0.2) is 68.4 Å². The fourth-order valence-electron chi connectivity index (χ4n) is 2.39. The standard InChI is InChI=1S/C18H15BrN2O4S/c1-11-16(10-17(25-11)12-2-4-13(19)5-3-12)18(22)21-14-6-8-15(9-7-14)26(20,23)24/h2-10H,1H3,(H,21,22)(H2,20,23,24). The molecule has 0 atom stereocenters. The Labute approximate surface area is 159 Å². The molecule has 3 rings (SSSR count). The first kappa shape index (κ1) is 18.4. The summed E-state index contributed by atoms with van der Waals surface area (Å²) in [5, 5.41) is 7.77. The Kier molecular flexibility index (Phi) is 4.99. The van der Waals surface area contributed by atoms with E-state index in [1.165, 1.54) is 24.3 Å². The normalized spacial score (nSPS) is 11.3. The van der Waals surface area contributed by atoms with E-state index in [0.29, 0.717) is 22.8 Å². The lowest BCUT2D eigenvalue weighted by Gasteiger charge is -2.05. The highest BCUT2D eigenvalue weighted by atomic mass is 79.9. The fraction of sp³-hybridized carbons (Fsp3) is 0.0556.